The first-order valence-corrected chi connectivity index (χ1v) is 10.1. The summed E-state index contributed by atoms with van der Waals surface area (Å²) in [6.07, 6.45) is 2.12. The van der Waals surface area contributed by atoms with Crippen LogP contribution in [0.5, 0.6) is 5.75 Å². The molecule has 0 radical (unpaired) electrons. The standard InChI is InChI=1S/C24H26ClN3O.ClH/c1-2-3-17-29-22-15-13-21(14-16-22)28(24(26)27)23(18-7-5-4-6-8-18)19-9-11-20(25)12-10-19;/h4-16,23H,2-3,17H2,1H3,(H3,26,27);1H. The summed E-state index contributed by atoms with van der Waals surface area (Å²) >= 11 is 6.10. The van der Waals surface area contributed by atoms with Gasteiger partial charge in [0, 0.05) is 10.7 Å². The van der Waals surface area contributed by atoms with Crippen LogP contribution in [0.1, 0.15) is 36.9 Å². The van der Waals surface area contributed by atoms with Crippen LogP contribution in [0.3, 0.4) is 0 Å². The molecule has 4 nitrogen and oxygen atoms in total. The minimum Gasteiger partial charge on any atom is -0.494 e. The van der Waals surface area contributed by atoms with Gasteiger partial charge in [0.05, 0.1) is 12.6 Å². The number of nitrogens with zero attached hydrogens (tertiary/aromatic N) is 1. The smallest absolute Gasteiger partial charge is 0.193 e. The largest absolute Gasteiger partial charge is 0.494 e. The maximum atomic E-state index is 8.30. The lowest BCUT2D eigenvalue weighted by Crippen LogP contribution is -2.40. The molecule has 30 heavy (non-hydrogen) atoms. The van der Waals surface area contributed by atoms with Gasteiger partial charge in [-0.05, 0) is 53.9 Å². The normalized spacial score (nSPS) is 11.3. The van der Waals surface area contributed by atoms with Crippen molar-refractivity contribution in [2.75, 3.05) is 11.5 Å². The predicted octanol–water partition coefficient (Wildman–Crippen LogP) is 6.43. The van der Waals surface area contributed by atoms with Gasteiger partial charge in [-0.15, -0.1) is 12.4 Å². The van der Waals surface area contributed by atoms with Crippen molar-refractivity contribution < 1.29 is 4.74 Å². The van der Waals surface area contributed by atoms with E-state index in [2.05, 4.69) is 6.92 Å². The lowest BCUT2D eigenvalue weighted by Gasteiger charge is -2.33. The number of nitrogens with two attached hydrogens (primary N) is 1. The van der Waals surface area contributed by atoms with E-state index in [1.165, 1.54) is 0 Å². The molecule has 0 spiro atoms. The summed E-state index contributed by atoms with van der Waals surface area (Å²) in [5.41, 5.74) is 8.92. The van der Waals surface area contributed by atoms with Gasteiger partial charge in [0.15, 0.2) is 5.96 Å². The number of rotatable bonds is 8. The highest BCUT2D eigenvalue weighted by Crippen LogP contribution is 2.34. The average Bonchev–Trinajstić information content (AvgIpc) is 2.74. The van der Waals surface area contributed by atoms with E-state index in [1.807, 2.05) is 83.8 Å². The third kappa shape index (κ3) is 5.91. The number of halogens is 2. The van der Waals surface area contributed by atoms with Crippen molar-refractivity contribution >= 4 is 35.7 Å². The molecule has 3 aromatic carbocycles. The van der Waals surface area contributed by atoms with Crippen molar-refractivity contribution in [1.29, 1.82) is 5.41 Å². The monoisotopic (exact) mass is 443 g/mol. The Bertz CT molecular complexity index is 915. The molecule has 1 unspecified atom stereocenters. The molecule has 0 heterocycles. The van der Waals surface area contributed by atoms with E-state index in [9.17, 15) is 0 Å². The van der Waals surface area contributed by atoms with Crippen LogP contribution in [0.4, 0.5) is 5.69 Å². The van der Waals surface area contributed by atoms with E-state index >= 15 is 0 Å². The molecule has 0 aliphatic heterocycles. The molecule has 3 aromatic rings. The number of unbranched alkanes of at least 4 members (excludes halogenated alkanes) is 1. The fourth-order valence-corrected chi connectivity index (χ4v) is 3.36. The summed E-state index contributed by atoms with van der Waals surface area (Å²) in [6, 6.07) is 25.2. The van der Waals surface area contributed by atoms with Crippen LogP contribution < -0.4 is 15.4 Å². The number of benzene rings is 3. The Kier molecular flexibility index (Phi) is 9.03. The minimum absolute atomic E-state index is 0. The summed E-state index contributed by atoms with van der Waals surface area (Å²) < 4.78 is 5.77. The van der Waals surface area contributed by atoms with Crippen LogP contribution >= 0.6 is 24.0 Å². The zero-order valence-electron chi connectivity index (χ0n) is 16.9. The molecule has 3 rings (SSSR count). The SMILES string of the molecule is CCCCOc1ccc(N(C(=N)N)C(c2ccccc2)c2ccc(Cl)cc2)cc1.Cl. The molecule has 3 N–H and O–H groups in total. The molecule has 158 valence electrons. The Hall–Kier alpha value is -2.69. The van der Waals surface area contributed by atoms with E-state index < -0.39 is 0 Å². The summed E-state index contributed by atoms with van der Waals surface area (Å²) in [7, 11) is 0. The van der Waals surface area contributed by atoms with Gasteiger partial charge in [-0.3, -0.25) is 5.41 Å². The fraction of sp³-hybridized carbons (Fsp3) is 0.208. The highest BCUT2D eigenvalue weighted by molar-refractivity contribution is 6.30. The number of hydrogen-bond acceptors (Lipinski definition) is 2. The van der Waals surface area contributed by atoms with Crippen molar-refractivity contribution in [1.82, 2.24) is 0 Å². The van der Waals surface area contributed by atoms with Crippen molar-refractivity contribution in [3.05, 3.63) is 95.0 Å². The van der Waals surface area contributed by atoms with E-state index in [0.29, 0.717) is 11.6 Å². The highest BCUT2D eigenvalue weighted by atomic mass is 35.5. The fourth-order valence-electron chi connectivity index (χ4n) is 3.24. The van der Waals surface area contributed by atoms with Crippen LogP contribution in [-0.4, -0.2) is 12.6 Å². The zero-order valence-corrected chi connectivity index (χ0v) is 18.5. The summed E-state index contributed by atoms with van der Waals surface area (Å²) in [5, 5.41) is 8.97. The highest BCUT2D eigenvalue weighted by Gasteiger charge is 2.25. The lowest BCUT2D eigenvalue weighted by molar-refractivity contribution is 0.309. The van der Waals surface area contributed by atoms with Gasteiger partial charge in [-0.25, -0.2) is 0 Å². The Balaban J connectivity index is 0.00000320. The van der Waals surface area contributed by atoms with Gasteiger partial charge in [0.1, 0.15) is 5.75 Å². The third-order valence-electron chi connectivity index (χ3n) is 4.70. The summed E-state index contributed by atoms with van der Waals surface area (Å²) in [6.45, 7) is 2.83. The molecule has 0 aliphatic carbocycles. The second kappa shape index (κ2) is 11.5. The maximum absolute atomic E-state index is 8.30. The molecule has 1 atom stereocenters. The van der Waals surface area contributed by atoms with Crippen molar-refractivity contribution in [3.8, 4) is 5.75 Å². The number of guanidine groups is 1. The Morgan fingerprint density at radius 2 is 1.57 bits per heavy atom. The van der Waals surface area contributed by atoms with E-state index in [1.54, 1.807) is 0 Å². The molecule has 0 amide bonds. The molecular formula is C24H27Cl2N3O. The topological polar surface area (TPSA) is 62.3 Å². The van der Waals surface area contributed by atoms with Crippen molar-refractivity contribution in [3.63, 3.8) is 0 Å². The average molecular weight is 444 g/mol. The lowest BCUT2D eigenvalue weighted by atomic mass is 9.96. The molecule has 0 aromatic heterocycles. The van der Waals surface area contributed by atoms with Crippen molar-refractivity contribution in [2.45, 2.75) is 25.8 Å². The molecule has 0 saturated heterocycles. The number of anilines is 1. The van der Waals surface area contributed by atoms with Gasteiger partial charge in [-0.1, -0.05) is 67.4 Å². The summed E-state index contributed by atoms with van der Waals surface area (Å²) in [5.74, 6) is 0.780. The second-order valence-corrected chi connectivity index (χ2v) is 7.25. The van der Waals surface area contributed by atoms with Crippen LogP contribution in [-0.2, 0) is 0 Å². The second-order valence-electron chi connectivity index (χ2n) is 6.82. The number of hydrogen-bond donors (Lipinski definition) is 2. The molecule has 0 fully saturated rings. The van der Waals surface area contributed by atoms with Gasteiger partial charge in [0.25, 0.3) is 0 Å². The van der Waals surface area contributed by atoms with E-state index in [-0.39, 0.29) is 24.4 Å². The third-order valence-corrected chi connectivity index (χ3v) is 4.95. The Labute approximate surface area is 189 Å². The van der Waals surface area contributed by atoms with Gasteiger partial charge >= 0.3 is 0 Å². The number of nitrogens with one attached hydrogen (secondary N) is 1. The van der Waals surface area contributed by atoms with Crippen LogP contribution in [0.15, 0.2) is 78.9 Å². The molecule has 0 saturated carbocycles. The molecule has 6 heteroatoms. The van der Waals surface area contributed by atoms with Gasteiger partial charge in [-0.2, -0.15) is 0 Å². The Morgan fingerprint density at radius 1 is 0.967 bits per heavy atom. The summed E-state index contributed by atoms with van der Waals surface area (Å²) in [4.78, 5) is 1.81. The minimum atomic E-state index is -0.252. The zero-order chi connectivity index (χ0) is 20.6. The van der Waals surface area contributed by atoms with E-state index in [0.717, 1.165) is 35.4 Å². The van der Waals surface area contributed by atoms with Gasteiger partial charge in [0.2, 0.25) is 0 Å². The van der Waals surface area contributed by atoms with Crippen LogP contribution in [0, 0.1) is 5.41 Å². The van der Waals surface area contributed by atoms with E-state index in [4.69, 9.17) is 27.5 Å². The van der Waals surface area contributed by atoms with Crippen LogP contribution in [0.25, 0.3) is 0 Å². The van der Waals surface area contributed by atoms with Gasteiger partial charge < -0.3 is 15.4 Å². The first-order valence-electron chi connectivity index (χ1n) is 9.76. The van der Waals surface area contributed by atoms with Crippen molar-refractivity contribution in [2.24, 2.45) is 5.73 Å². The number of ether oxygens (including phenoxy) is 1. The predicted molar refractivity (Wildman–Crippen MR) is 128 cm³/mol. The molecular weight excluding hydrogens is 417 g/mol. The first-order chi connectivity index (χ1) is 14.1. The molecule has 0 aliphatic rings. The first kappa shape index (κ1) is 23.6. The molecule has 0 bridgehead atoms. The Morgan fingerprint density at radius 3 is 2.13 bits per heavy atom. The maximum Gasteiger partial charge on any atom is 0.193 e. The van der Waals surface area contributed by atoms with Crippen LogP contribution in [0.2, 0.25) is 5.02 Å². The quantitative estimate of drug-likeness (QED) is 0.239.